The molecule has 1 aromatic carbocycles. The van der Waals surface area contributed by atoms with Crippen LogP contribution in [0.1, 0.15) is 25.3 Å². The molecule has 1 rings (SSSR count). The molecule has 0 fully saturated rings. The summed E-state index contributed by atoms with van der Waals surface area (Å²) in [4.78, 5) is 11.0. The average Bonchev–Trinajstić information content (AvgIpc) is 2.37. The molecule has 0 spiro atoms. The van der Waals surface area contributed by atoms with Crippen LogP contribution >= 0.6 is 0 Å². The molecule has 0 saturated heterocycles. The van der Waals surface area contributed by atoms with Crippen LogP contribution in [-0.2, 0) is 11.2 Å². The van der Waals surface area contributed by atoms with Crippen molar-refractivity contribution in [1.82, 2.24) is 0 Å². The molecule has 0 radical (unpaired) electrons. The van der Waals surface area contributed by atoms with Crippen molar-refractivity contribution in [2.24, 2.45) is 17.6 Å². The Morgan fingerprint density at radius 2 is 1.89 bits per heavy atom. The van der Waals surface area contributed by atoms with E-state index in [0.29, 0.717) is 18.4 Å². The topological polar surface area (TPSA) is 104 Å². The molecule has 5 heteroatoms. The molecule has 2 atom stereocenters. The Bertz CT molecular complexity index is 413. The van der Waals surface area contributed by atoms with Crippen molar-refractivity contribution in [3.8, 4) is 11.5 Å². The highest BCUT2D eigenvalue weighted by atomic mass is 16.4. The summed E-state index contributed by atoms with van der Waals surface area (Å²) < 4.78 is 0. The summed E-state index contributed by atoms with van der Waals surface area (Å²) in [6, 6.07) is 4.59. The quantitative estimate of drug-likeness (QED) is 0.602. The van der Waals surface area contributed by atoms with Crippen LogP contribution in [0.3, 0.4) is 0 Å². The van der Waals surface area contributed by atoms with Crippen molar-refractivity contribution < 1.29 is 20.1 Å². The van der Waals surface area contributed by atoms with E-state index in [-0.39, 0.29) is 24.0 Å². The van der Waals surface area contributed by atoms with E-state index >= 15 is 0 Å². The first-order chi connectivity index (χ1) is 8.99. The standard InChI is InChI=1S/C14H21NO4/c1-2-9(6-10(8-15)14(18)19)7-11-12(16)4-3-5-13(11)17/h3-5,9-10,16-17H,2,6-8,15H2,1H3,(H,18,19). The van der Waals surface area contributed by atoms with Gasteiger partial charge in [-0.15, -0.1) is 0 Å². The molecule has 0 aliphatic rings. The van der Waals surface area contributed by atoms with E-state index in [2.05, 4.69) is 0 Å². The molecule has 0 aliphatic heterocycles. The predicted molar refractivity (Wildman–Crippen MR) is 72.1 cm³/mol. The van der Waals surface area contributed by atoms with Crippen molar-refractivity contribution in [3.05, 3.63) is 23.8 Å². The lowest BCUT2D eigenvalue weighted by Crippen LogP contribution is -2.26. The third kappa shape index (κ3) is 4.13. The summed E-state index contributed by atoms with van der Waals surface area (Å²) in [5.74, 6) is -1.35. The van der Waals surface area contributed by atoms with Gasteiger partial charge >= 0.3 is 5.97 Å². The average molecular weight is 267 g/mol. The maximum Gasteiger partial charge on any atom is 0.307 e. The van der Waals surface area contributed by atoms with E-state index in [1.165, 1.54) is 12.1 Å². The molecular formula is C14H21NO4. The summed E-state index contributed by atoms with van der Waals surface area (Å²) in [7, 11) is 0. The van der Waals surface area contributed by atoms with Crippen molar-refractivity contribution in [2.45, 2.75) is 26.2 Å². The Morgan fingerprint density at radius 1 is 1.32 bits per heavy atom. The SMILES string of the molecule is CCC(Cc1c(O)cccc1O)CC(CN)C(=O)O. The van der Waals surface area contributed by atoms with E-state index in [4.69, 9.17) is 10.8 Å². The summed E-state index contributed by atoms with van der Waals surface area (Å²) >= 11 is 0. The van der Waals surface area contributed by atoms with Crippen LogP contribution in [0.5, 0.6) is 11.5 Å². The molecule has 5 nitrogen and oxygen atoms in total. The normalized spacial score (nSPS) is 14.0. The number of carboxylic acid groups (broad SMARTS) is 1. The van der Waals surface area contributed by atoms with Crippen molar-refractivity contribution in [3.63, 3.8) is 0 Å². The maximum absolute atomic E-state index is 11.0. The van der Waals surface area contributed by atoms with Gasteiger partial charge < -0.3 is 21.1 Å². The third-order valence-electron chi connectivity index (χ3n) is 3.45. The highest BCUT2D eigenvalue weighted by molar-refractivity contribution is 5.70. The Morgan fingerprint density at radius 3 is 2.32 bits per heavy atom. The minimum atomic E-state index is -0.901. The molecule has 0 saturated carbocycles. The molecule has 5 N–H and O–H groups in total. The number of nitrogens with two attached hydrogens (primary N) is 1. The van der Waals surface area contributed by atoms with E-state index in [1.807, 2.05) is 6.92 Å². The minimum absolute atomic E-state index is 0.0399. The third-order valence-corrected chi connectivity index (χ3v) is 3.45. The summed E-state index contributed by atoms with van der Waals surface area (Å²) in [6.45, 7) is 2.05. The molecular weight excluding hydrogens is 246 g/mol. The number of aliphatic carboxylic acids is 1. The monoisotopic (exact) mass is 267 g/mol. The lowest BCUT2D eigenvalue weighted by Gasteiger charge is -2.19. The van der Waals surface area contributed by atoms with Gasteiger partial charge in [-0.25, -0.2) is 0 Å². The second-order valence-corrected chi connectivity index (χ2v) is 4.76. The van der Waals surface area contributed by atoms with Gasteiger partial charge in [0.1, 0.15) is 11.5 Å². The minimum Gasteiger partial charge on any atom is -0.508 e. The molecule has 0 aromatic heterocycles. The first-order valence-corrected chi connectivity index (χ1v) is 6.42. The Labute approximate surface area is 112 Å². The van der Waals surface area contributed by atoms with Gasteiger partial charge in [-0.05, 0) is 30.9 Å². The van der Waals surface area contributed by atoms with E-state index in [9.17, 15) is 15.0 Å². The van der Waals surface area contributed by atoms with Gasteiger partial charge in [-0.1, -0.05) is 19.4 Å². The Kier molecular flexibility index (Phi) is 5.63. The highest BCUT2D eigenvalue weighted by Gasteiger charge is 2.22. The fourth-order valence-corrected chi connectivity index (χ4v) is 2.16. The fraction of sp³-hybridized carbons (Fsp3) is 0.500. The number of hydrogen-bond donors (Lipinski definition) is 4. The van der Waals surface area contributed by atoms with Crippen LogP contribution < -0.4 is 5.73 Å². The number of hydrogen-bond acceptors (Lipinski definition) is 4. The lowest BCUT2D eigenvalue weighted by molar-refractivity contribution is -0.142. The zero-order chi connectivity index (χ0) is 14.4. The summed E-state index contributed by atoms with van der Waals surface area (Å²) in [6.07, 6.45) is 1.65. The smallest absolute Gasteiger partial charge is 0.307 e. The zero-order valence-corrected chi connectivity index (χ0v) is 11.0. The van der Waals surface area contributed by atoms with Gasteiger partial charge in [0.2, 0.25) is 0 Å². The number of benzene rings is 1. The number of phenols is 2. The Balaban J connectivity index is 2.79. The van der Waals surface area contributed by atoms with E-state index in [1.54, 1.807) is 6.07 Å². The number of carboxylic acids is 1. The maximum atomic E-state index is 11.0. The second kappa shape index (κ2) is 6.99. The van der Waals surface area contributed by atoms with Crippen molar-refractivity contribution in [2.75, 3.05) is 6.54 Å². The number of carbonyl (C=O) groups is 1. The number of rotatable bonds is 7. The largest absolute Gasteiger partial charge is 0.508 e. The van der Waals surface area contributed by atoms with Gasteiger partial charge in [-0.2, -0.15) is 0 Å². The second-order valence-electron chi connectivity index (χ2n) is 4.76. The molecule has 0 aliphatic carbocycles. The Hall–Kier alpha value is -1.75. The molecule has 0 bridgehead atoms. The van der Waals surface area contributed by atoms with Crippen molar-refractivity contribution >= 4 is 5.97 Å². The van der Waals surface area contributed by atoms with Gasteiger partial charge in [0.25, 0.3) is 0 Å². The van der Waals surface area contributed by atoms with Crippen LogP contribution in [0.25, 0.3) is 0 Å². The van der Waals surface area contributed by atoms with Gasteiger partial charge in [0.15, 0.2) is 0 Å². The van der Waals surface area contributed by atoms with Crippen molar-refractivity contribution in [1.29, 1.82) is 0 Å². The van der Waals surface area contributed by atoms with Gasteiger partial charge in [0.05, 0.1) is 5.92 Å². The molecule has 0 amide bonds. The van der Waals surface area contributed by atoms with Crippen LogP contribution in [-0.4, -0.2) is 27.8 Å². The van der Waals surface area contributed by atoms with Crippen LogP contribution in [0, 0.1) is 11.8 Å². The van der Waals surface area contributed by atoms with Crippen LogP contribution in [0.4, 0.5) is 0 Å². The highest BCUT2D eigenvalue weighted by Crippen LogP contribution is 2.31. The molecule has 1 aromatic rings. The predicted octanol–water partition coefficient (Wildman–Crippen LogP) is 1.72. The van der Waals surface area contributed by atoms with Gasteiger partial charge in [-0.3, -0.25) is 4.79 Å². The van der Waals surface area contributed by atoms with Crippen LogP contribution in [0.15, 0.2) is 18.2 Å². The molecule has 106 valence electrons. The van der Waals surface area contributed by atoms with E-state index < -0.39 is 11.9 Å². The molecule has 0 heterocycles. The summed E-state index contributed by atoms with van der Waals surface area (Å²) in [5, 5.41) is 28.5. The van der Waals surface area contributed by atoms with Crippen LogP contribution in [0.2, 0.25) is 0 Å². The molecule has 2 unspecified atom stereocenters. The lowest BCUT2D eigenvalue weighted by atomic mass is 9.87. The first-order valence-electron chi connectivity index (χ1n) is 6.42. The zero-order valence-electron chi connectivity index (χ0n) is 11.0. The first kappa shape index (κ1) is 15.3. The number of phenolic OH excluding ortho intramolecular Hbond substituents is 2. The summed E-state index contributed by atoms with van der Waals surface area (Å²) in [5.41, 5.74) is 5.92. The van der Waals surface area contributed by atoms with E-state index in [0.717, 1.165) is 6.42 Å². The number of aromatic hydroxyl groups is 2. The van der Waals surface area contributed by atoms with Gasteiger partial charge in [0, 0.05) is 12.1 Å². The fourth-order valence-electron chi connectivity index (χ4n) is 2.16. The molecule has 19 heavy (non-hydrogen) atoms.